The largest absolute Gasteiger partial charge is 0.359 e. The first kappa shape index (κ1) is 8.25. The molecule has 0 bridgehead atoms. The van der Waals surface area contributed by atoms with Crippen LogP contribution in [0.2, 0.25) is 0 Å². The van der Waals surface area contributed by atoms with Crippen molar-refractivity contribution in [1.82, 2.24) is 10.1 Å². The van der Waals surface area contributed by atoms with Gasteiger partial charge in [0.1, 0.15) is 6.04 Å². The molecule has 1 aliphatic heterocycles. The number of aromatic nitrogens is 1. The molecule has 1 saturated heterocycles. The third-order valence-corrected chi connectivity index (χ3v) is 2.07. The van der Waals surface area contributed by atoms with Gasteiger partial charge in [-0.2, -0.15) is 0 Å². The molecule has 0 radical (unpaired) electrons. The maximum atomic E-state index is 11.1. The smallest absolute Gasteiger partial charge is 0.241 e. The summed E-state index contributed by atoms with van der Waals surface area (Å²) < 4.78 is 4.97. The molecule has 1 amide bonds. The molecule has 2 rings (SSSR count). The summed E-state index contributed by atoms with van der Waals surface area (Å²) in [6.07, 6.45) is 0. The van der Waals surface area contributed by atoms with Gasteiger partial charge in [-0.15, -0.1) is 0 Å². The molecule has 70 valence electrons. The van der Waals surface area contributed by atoms with Crippen LogP contribution in [0.15, 0.2) is 10.6 Å². The van der Waals surface area contributed by atoms with Crippen LogP contribution in [0.1, 0.15) is 11.5 Å². The van der Waals surface area contributed by atoms with Gasteiger partial charge in [0.05, 0.1) is 12.2 Å². The van der Waals surface area contributed by atoms with Gasteiger partial charge in [0.15, 0.2) is 5.76 Å². The summed E-state index contributed by atoms with van der Waals surface area (Å²) in [5.41, 5.74) is 6.26. The Hall–Kier alpha value is -1.36. The first-order valence-corrected chi connectivity index (χ1v) is 4.13. The van der Waals surface area contributed by atoms with Crippen molar-refractivity contribution in [3.63, 3.8) is 0 Å². The molecule has 0 spiro atoms. The summed E-state index contributed by atoms with van der Waals surface area (Å²) in [5, 5.41) is 3.73. The number of nitrogens with zero attached hydrogens (tertiary/aromatic N) is 2. The van der Waals surface area contributed by atoms with E-state index in [1.165, 1.54) is 0 Å². The zero-order valence-corrected chi connectivity index (χ0v) is 7.36. The maximum absolute atomic E-state index is 11.1. The van der Waals surface area contributed by atoms with Crippen LogP contribution in [-0.2, 0) is 11.3 Å². The maximum Gasteiger partial charge on any atom is 0.241 e. The summed E-state index contributed by atoms with van der Waals surface area (Å²) in [7, 11) is 0. The van der Waals surface area contributed by atoms with E-state index in [9.17, 15) is 4.79 Å². The predicted molar refractivity (Wildman–Crippen MR) is 44.6 cm³/mol. The highest BCUT2D eigenvalue weighted by Gasteiger charge is 2.33. The average molecular weight is 181 g/mol. The van der Waals surface area contributed by atoms with Gasteiger partial charge in [-0.1, -0.05) is 5.16 Å². The van der Waals surface area contributed by atoms with Crippen LogP contribution in [0, 0.1) is 6.92 Å². The van der Waals surface area contributed by atoms with Crippen molar-refractivity contribution in [2.24, 2.45) is 5.73 Å². The lowest BCUT2D eigenvalue weighted by Crippen LogP contribution is -2.60. The molecule has 1 aliphatic rings. The van der Waals surface area contributed by atoms with Gasteiger partial charge in [-0.3, -0.25) is 4.79 Å². The molecule has 2 heterocycles. The lowest BCUT2D eigenvalue weighted by Gasteiger charge is -2.35. The minimum absolute atomic E-state index is 0.0194. The van der Waals surface area contributed by atoms with Crippen LogP contribution < -0.4 is 5.73 Å². The molecular formula is C8H11N3O2. The molecule has 13 heavy (non-hydrogen) atoms. The van der Waals surface area contributed by atoms with Crippen molar-refractivity contribution in [2.45, 2.75) is 19.5 Å². The highest BCUT2D eigenvalue weighted by atomic mass is 16.5. The van der Waals surface area contributed by atoms with Crippen molar-refractivity contribution >= 4 is 5.91 Å². The van der Waals surface area contributed by atoms with E-state index >= 15 is 0 Å². The normalized spacial score (nSPS) is 21.8. The van der Waals surface area contributed by atoms with E-state index in [1.807, 2.05) is 13.0 Å². The van der Waals surface area contributed by atoms with Gasteiger partial charge in [0.25, 0.3) is 0 Å². The average Bonchev–Trinajstić information content (AvgIpc) is 2.50. The lowest BCUT2D eigenvalue weighted by molar-refractivity contribution is -0.143. The minimum atomic E-state index is -0.316. The van der Waals surface area contributed by atoms with Crippen LogP contribution in [0.4, 0.5) is 0 Å². The molecule has 1 aromatic rings. The van der Waals surface area contributed by atoms with Gasteiger partial charge in [-0.25, -0.2) is 0 Å². The fraction of sp³-hybridized carbons (Fsp3) is 0.500. The summed E-state index contributed by atoms with van der Waals surface area (Å²) >= 11 is 0. The molecular weight excluding hydrogens is 170 g/mol. The number of carbonyl (C=O) groups excluding carboxylic acids is 1. The van der Waals surface area contributed by atoms with Crippen LogP contribution in [0.5, 0.6) is 0 Å². The van der Waals surface area contributed by atoms with Crippen molar-refractivity contribution in [3.05, 3.63) is 17.5 Å². The molecule has 0 saturated carbocycles. The van der Waals surface area contributed by atoms with E-state index < -0.39 is 0 Å². The Morgan fingerprint density at radius 1 is 1.85 bits per heavy atom. The SMILES string of the molecule is Cc1cc(CN2CC(N)C2=O)on1. The van der Waals surface area contributed by atoms with Gasteiger partial charge < -0.3 is 15.2 Å². The van der Waals surface area contributed by atoms with Gasteiger partial charge >= 0.3 is 0 Å². The first-order chi connectivity index (χ1) is 6.16. The van der Waals surface area contributed by atoms with Gasteiger partial charge in [0, 0.05) is 12.6 Å². The fourth-order valence-corrected chi connectivity index (χ4v) is 1.35. The van der Waals surface area contributed by atoms with Crippen molar-refractivity contribution in [3.8, 4) is 0 Å². The molecule has 1 unspecified atom stereocenters. The number of β-lactam (4-membered cyclic amide) rings is 1. The monoisotopic (exact) mass is 181 g/mol. The van der Waals surface area contributed by atoms with Crippen molar-refractivity contribution in [1.29, 1.82) is 0 Å². The van der Waals surface area contributed by atoms with Crippen LogP contribution in [-0.4, -0.2) is 28.6 Å². The number of hydrogen-bond donors (Lipinski definition) is 1. The van der Waals surface area contributed by atoms with Crippen LogP contribution in [0.25, 0.3) is 0 Å². The Balaban J connectivity index is 1.96. The Morgan fingerprint density at radius 2 is 2.62 bits per heavy atom. The Labute approximate surface area is 75.5 Å². The summed E-state index contributed by atoms with van der Waals surface area (Å²) in [4.78, 5) is 12.8. The quantitative estimate of drug-likeness (QED) is 0.633. The van der Waals surface area contributed by atoms with E-state index in [4.69, 9.17) is 10.3 Å². The molecule has 2 N–H and O–H groups in total. The second-order valence-electron chi connectivity index (χ2n) is 3.26. The third-order valence-electron chi connectivity index (χ3n) is 2.07. The number of carbonyl (C=O) groups is 1. The van der Waals surface area contributed by atoms with E-state index in [2.05, 4.69) is 5.16 Å². The van der Waals surface area contributed by atoms with E-state index in [1.54, 1.807) is 4.90 Å². The predicted octanol–water partition coefficient (Wildman–Crippen LogP) is -0.347. The number of rotatable bonds is 2. The van der Waals surface area contributed by atoms with Crippen molar-refractivity contribution in [2.75, 3.05) is 6.54 Å². The molecule has 0 aromatic carbocycles. The van der Waals surface area contributed by atoms with Crippen LogP contribution in [0.3, 0.4) is 0 Å². The number of hydrogen-bond acceptors (Lipinski definition) is 4. The second kappa shape index (κ2) is 2.85. The van der Waals surface area contributed by atoms with Gasteiger partial charge in [-0.05, 0) is 6.92 Å². The third kappa shape index (κ3) is 1.42. The van der Waals surface area contributed by atoms with E-state index in [0.29, 0.717) is 18.8 Å². The highest BCUT2D eigenvalue weighted by Crippen LogP contribution is 2.13. The summed E-state index contributed by atoms with van der Waals surface area (Å²) in [6.45, 7) is 2.93. The molecule has 1 aromatic heterocycles. The molecule has 1 atom stereocenters. The van der Waals surface area contributed by atoms with Crippen molar-refractivity contribution < 1.29 is 9.32 Å². The molecule has 5 heteroatoms. The molecule has 0 aliphatic carbocycles. The number of amides is 1. The zero-order chi connectivity index (χ0) is 9.42. The molecule has 1 fully saturated rings. The van der Waals surface area contributed by atoms with E-state index in [-0.39, 0.29) is 11.9 Å². The summed E-state index contributed by atoms with van der Waals surface area (Å²) in [6, 6.07) is 1.50. The number of likely N-dealkylation sites (tertiary alicyclic amines) is 1. The van der Waals surface area contributed by atoms with Crippen LogP contribution >= 0.6 is 0 Å². The van der Waals surface area contributed by atoms with E-state index in [0.717, 1.165) is 5.69 Å². The fourth-order valence-electron chi connectivity index (χ4n) is 1.35. The lowest BCUT2D eigenvalue weighted by atomic mass is 10.1. The van der Waals surface area contributed by atoms with Gasteiger partial charge in [0.2, 0.25) is 5.91 Å². The Kier molecular flexibility index (Phi) is 1.81. The standard InChI is InChI=1S/C8H11N3O2/c1-5-2-6(13-10-5)3-11-4-7(9)8(11)12/h2,7H,3-4,9H2,1H3. The number of nitrogens with two attached hydrogens (primary N) is 1. The second-order valence-corrected chi connectivity index (χ2v) is 3.26. The number of aryl methyl sites for hydroxylation is 1. The minimum Gasteiger partial charge on any atom is -0.359 e. The zero-order valence-electron chi connectivity index (χ0n) is 7.36. The molecule has 5 nitrogen and oxygen atoms in total. The Morgan fingerprint density at radius 3 is 3.08 bits per heavy atom. The topological polar surface area (TPSA) is 72.4 Å². The summed E-state index contributed by atoms with van der Waals surface area (Å²) in [5.74, 6) is 0.687. The highest BCUT2D eigenvalue weighted by molar-refractivity contribution is 5.87. The first-order valence-electron chi connectivity index (χ1n) is 4.13. The Bertz CT molecular complexity index is 334.